The Labute approximate surface area is 186 Å². The number of nitrogens with one attached hydrogen (secondary N) is 1. The van der Waals surface area contributed by atoms with Crippen molar-refractivity contribution in [1.82, 2.24) is 20.4 Å². The third kappa shape index (κ3) is 6.62. The first-order chi connectivity index (χ1) is 15.1. The van der Waals surface area contributed by atoms with E-state index >= 15 is 0 Å². The molecular formula is C22H26ClN5O3. The lowest BCUT2D eigenvalue weighted by atomic mass is 10.2. The molecule has 0 aliphatic heterocycles. The van der Waals surface area contributed by atoms with Crippen molar-refractivity contribution in [2.75, 3.05) is 40.9 Å². The number of likely N-dealkylation sites (N-methyl/N-ethyl adjacent to an activating group) is 1. The third-order valence-corrected chi connectivity index (χ3v) is 4.74. The van der Waals surface area contributed by atoms with Gasteiger partial charge in [0, 0.05) is 37.6 Å². The van der Waals surface area contributed by atoms with E-state index < -0.39 is 0 Å². The number of methoxy groups -OCH3 is 1. The zero-order valence-electron chi connectivity index (χ0n) is 17.8. The highest BCUT2D eigenvalue weighted by Crippen LogP contribution is 2.20. The van der Waals surface area contributed by atoms with Gasteiger partial charge in [0.05, 0.1) is 13.7 Å². The van der Waals surface area contributed by atoms with Crippen molar-refractivity contribution in [3.63, 3.8) is 0 Å². The predicted molar refractivity (Wildman–Crippen MR) is 121 cm³/mol. The number of ether oxygens (including phenoxy) is 2. The molecule has 0 radical (unpaired) electrons. The fourth-order valence-electron chi connectivity index (χ4n) is 2.85. The average molecular weight is 444 g/mol. The second-order valence-electron chi connectivity index (χ2n) is 6.69. The van der Waals surface area contributed by atoms with Crippen molar-refractivity contribution in [2.45, 2.75) is 6.42 Å². The van der Waals surface area contributed by atoms with Crippen LogP contribution in [-0.4, -0.2) is 61.9 Å². The first-order valence-electron chi connectivity index (χ1n) is 9.86. The lowest BCUT2D eigenvalue weighted by Gasteiger charge is -2.22. The maximum absolute atomic E-state index is 6.02. The molecule has 0 amide bonds. The van der Waals surface area contributed by atoms with Gasteiger partial charge in [-0.1, -0.05) is 28.9 Å². The van der Waals surface area contributed by atoms with E-state index in [-0.39, 0.29) is 0 Å². The number of guanidine groups is 1. The second-order valence-corrected chi connectivity index (χ2v) is 7.13. The minimum absolute atomic E-state index is 0.523. The Hall–Kier alpha value is -3.26. The molecule has 3 rings (SSSR count). The van der Waals surface area contributed by atoms with Crippen molar-refractivity contribution in [2.24, 2.45) is 4.99 Å². The fraction of sp³-hybridized carbons (Fsp3) is 0.318. The van der Waals surface area contributed by atoms with Crippen molar-refractivity contribution in [3.8, 4) is 22.9 Å². The first-order valence-corrected chi connectivity index (χ1v) is 10.2. The Bertz CT molecular complexity index is 991. The lowest BCUT2D eigenvalue weighted by Crippen LogP contribution is -2.41. The number of nitrogens with zero attached hydrogens (tertiary/aromatic N) is 4. The Morgan fingerprint density at radius 1 is 1.19 bits per heavy atom. The largest absolute Gasteiger partial charge is 0.497 e. The van der Waals surface area contributed by atoms with Crippen LogP contribution in [0.3, 0.4) is 0 Å². The van der Waals surface area contributed by atoms with E-state index in [1.807, 2.05) is 48.3 Å². The molecule has 164 valence electrons. The summed E-state index contributed by atoms with van der Waals surface area (Å²) in [5.74, 6) is 3.42. The number of hydrogen-bond acceptors (Lipinski definition) is 6. The molecule has 0 aliphatic rings. The highest BCUT2D eigenvalue weighted by Gasteiger charge is 2.10. The molecule has 1 aromatic heterocycles. The van der Waals surface area contributed by atoms with Gasteiger partial charge in [0.2, 0.25) is 11.7 Å². The lowest BCUT2D eigenvalue weighted by molar-refractivity contribution is 0.281. The van der Waals surface area contributed by atoms with E-state index in [1.54, 1.807) is 26.3 Å². The van der Waals surface area contributed by atoms with Gasteiger partial charge in [-0.05, 0) is 36.4 Å². The molecule has 0 bridgehead atoms. The number of benzene rings is 2. The maximum atomic E-state index is 6.02. The molecule has 0 saturated heterocycles. The summed E-state index contributed by atoms with van der Waals surface area (Å²) in [5.41, 5.74) is 0.822. The van der Waals surface area contributed by atoms with E-state index in [9.17, 15) is 0 Å². The van der Waals surface area contributed by atoms with Gasteiger partial charge >= 0.3 is 0 Å². The number of aliphatic imine (C=N–C) groups is 1. The quantitative estimate of drug-likeness (QED) is 0.400. The SMILES string of the molecule is CN=C(NCCc1nc(-c2cccc(Cl)c2)no1)N(C)CCOc1ccc(OC)cc1. The molecule has 1 N–H and O–H groups in total. The van der Waals surface area contributed by atoms with E-state index in [4.69, 9.17) is 25.6 Å². The zero-order valence-corrected chi connectivity index (χ0v) is 18.6. The summed E-state index contributed by atoms with van der Waals surface area (Å²) in [6, 6.07) is 14.9. The molecule has 0 atom stereocenters. The molecule has 31 heavy (non-hydrogen) atoms. The van der Waals surface area contributed by atoms with E-state index in [1.165, 1.54) is 0 Å². The van der Waals surface area contributed by atoms with Crippen LogP contribution in [-0.2, 0) is 6.42 Å². The molecule has 8 nitrogen and oxygen atoms in total. The molecule has 0 fully saturated rings. The van der Waals surface area contributed by atoms with Gasteiger partial charge in [-0.25, -0.2) is 0 Å². The van der Waals surface area contributed by atoms with Gasteiger partial charge in [-0.15, -0.1) is 0 Å². The van der Waals surface area contributed by atoms with Gasteiger partial charge in [-0.2, -0.15) is 4.98 Å². The molecule has 2 aromatic carbocycles. The maximum Gasteiger partial charge on any atom is 0.228 e. The van der Waals surface area contributed by atoms with Crippen LogP contribution in [0.15, 0.2) is 58.0 Å². The van der Waals surface area contributed by atoms with Crippen LogP contribution in [0.4, 0.5) is 0 Å². The average Bonchev–Trinajstić information content (AvgIpc) is 3.26. The summed E-state index contributed by atoms with van der Waals surface area (Å²) in [7, 11) is 5.34. The highest BCUT2D eigenvalue weighted by molar-refractivity contribution is 6.30. The predicted octanol–water partition coefficient (Wildman–Crippen LogP) is 3.53. The summed E-state index contributed by atoms with van der Waals surface area (Å²) in [5, 5.41) is 7.95. The van der Waals surface area contributed by atoms with Crippen LogP contribution in [0.5, 0.6) is 11.5 Å². The van der Waals surface area contributed by atoms with Gasteiger partial charge in [0.15, 0.2) is 5.96 Å². The monoisotopic (exact) mass is 443 g/mol. The van der Waals surface area contributed by atoms with Crippen LogP contribution in [0, 0.1) is 0 Å². The number of hydrogen-bond donors (Lipinski definition) is 1. The third-order valence-electron chi connectivity index (χ3n) is 4.50. The topological polar surface area (TPSA) is 85.0 Å². The smallest absolute Gasteiger partial charge is 0.228 e. The van der Waals surface area contributed by atoms with Crippen LogP contribution >= 0.6 is 11.6 Å². The molecule has 0 aliphatic carbocycles. The van der Waals surface area contributed by atoms with Gasteiger partial charge in [-0.3, -0.25) is 4.99 Å². The molecule has 0 spiro atoms. The van der Waals surface area contributed by atoms with Crippen LogP contribution < -0.4 is 14.8 Å². The first kappa shape index (κ1) is 22.4. The normalized spacial score (nSPS) is 11.3. The summed E-state index contributed by atoms with van der Waals surface area (Å²) in [6.45, 7) is 1.80. The number of halogens is 1. The fourth-order valence-corrected chi connectivity index (χ4v) is 3.04. The standard InChI is InChI=1S/C22H26ClN5O3/c1-24-22(28(2)13-14-30-19-9-7-18(29-3)8-10-19)25-12-11-20-26-21(27-31-20)16-5-4-6-17(23)15-16/h4-10,15H,11-14H2,1-3H3,(H,24,25). The van der Waals surface area contributed by atoms with E-state index in [0.29, 0.717) is 42.9 Å². The minimum atomic E-state index is 0.523. The van der Waals surface area contributed by atoms with Crippen LogP contribution in [0.1, 0.15) is 5.89 Å². The summed E-state index contributed by atoms with van der Waals surface area (Å²) < 4.78 is 16.3. The highest BCUT2D eigenvalue weighted by atomic mass is 35.5. The van der Waals surface area contributed by atoms with Gasteiger partial charge < -0.3 is 24.2 Å². The van der Waals surface area contributed by atoms with E-state index in [0.717, 1.165) is 23.0 Å². The zero-order chi connectivity index (χ0) is 22.1. The molecule has 3 aromatic rings. The summed E-state index contributed by atoms with van der Waals surface area (Å²) in [4.78, 5) is 10.7. The van der Waals surface area contributed by atoms with Gasteiger partial charge in [0.1, 0.15) is 18.1 Å². The Balaban J connectivity index is 1.42. The molecular weight excluding hydrogens is 418 g/mol. The molecule has 9 heteroatoms. The second kappa shape index (κ2) is 11.2. The summed E-state index contributed by atoms with van der Waals surface area (Å²) in [6.07, 6.45) is 0.572. The van der Waals surface area contributed by atoms with Crippen molar-refractivity contribution in [3.05, 3.63) is 59.4 Å². The molecule has 0 saturated carbocycles. The van der Waals surface area contributed by atoms with Gasteiger partial charge in [0.25, 0.3) is 0 Å². The number of rotatable bonds is 9. The van der Waals surface area contributed by atoms with Crippen molar-refractivity contribution >= 4 is 17.6 Å². The molecule has 0 unspecified atom stereocenters. The Kier molecular flexibility index (Phi) is 8.12. The minimum Gasteiger partial charge on any atom is -0.497 e. The Morgan fingerprint density at radius 3 is 2.68 bits per heavy atom. The van der Waals surface area contributed by atoms with Crippen molar-refractivity contribution < 1.29 is 14.0 Å². The Morgan fingerprint density at radius 2 is 1.97 bits per heavy atom. The number of aromatic nitrogens is 2. The summed E-state index contributed by atoms with van der Waals surface area (Å²) >= 11 is 6.02. The van der Waals surface area contributed by atoms with E-state index in [2.05, 4.69) is 20.4 Å². The van der Waals surface area contributed by atoms with Crippen molar-refractivity contribution in [1.29, 1.82) is 0 Å². The molecule has 1 heterocycles. The van der Waals surface area contributed by atoms with Crippen LogP contribution in [0.25, 0.3) is 11.4 Å². The van der Waals surface area contributed by atoms with Crippen LogP contribution in [0.2, 0.25) is 5.02 Å².